The fourth-order valence-electron chi connectivity index (χ4n) is 3.01. The van der Waals surface area contributed by atoms with Crippen LogP contribution in [0, 0.1) is 13.8 Å². The number of amides is 1. The standard InChI is InChI=1S/C21H22ClN3O/c1-15-19(16(2)25(23-15)18-10-5-4-6-11-18)13-21(26)24(3)14-17-9-7-8-12-20(17)22/h4-12H,13-14H2,1-3H3. The summed E-state index contributed by atoms with van der Waals surface area (Å²) in [5.41, 5.74) is 4.79. The van der Waals surface area contributed by atoms with Gasteiger partial charge in [-0.1, -0.05) is 48.0 Å². The van der Waals surface area contributed by atoms with Crippen molar-refractivity contribution in [2.75, 3.05) is 7.05 Å². The molecule has 3 rings (SSSR count). The number of hydrogen-bond donors (Lipinski definition) is 0. The number of benzene rings is 2. The Bertz CT molecular complexity index is 918. The van der Waals surface area contributed by atoms with E-state index in [1.165, 1.54) is 0 Å². The van der Waals surface area contributed by atoms with Crippen molar-refractivity contribution in [2.24, 2.45) is 0 Å². The molecule has 0 N–H and O–H groups in total. The number of nitrogens with zero attached hydrogens (tertiary/aromatic N) is 3. The van der Waals surface area contributed by atoms with Gasteiger partial charge in [0.2, 0.25) is 5.91 Å². The molecule has 3 aromatic rings. The van der Waals surface area contributed by atoms with Gasteiger partial charge in [-0.05, 0) is 37.6 Å². The number of aryl methyl sites for hydroxylation is 1. The smallest absolute Gasteiger partial charge is 0.227 e. The van der Waals surface area contributed by atoms with Gasteiger partial charge in [-0.2, -0.15) is 5.10 Å². The average molecular weight is 368 g/mol. The Morgan fingerprint density at radius 2 is 1.73 bits per heavy atom. The van der Waals surface area contributed by atoms with Crippen molar-refractivity contribution >= 4 is 17.5 Å². The van der Waals surface area contributed by atoms with E-state index in [0.717, 1.165) is 28.2 Å². The molecule has 0 saturated carbocycles. The fraction of sp³-hybridized carbons (Fsp3) is 0.238. The van der Waals surface area contributed by atoms with Crippen molar-refractivity contribution < 1.29 is 4.79 Å². The third kappa shape index (κ3) is 3.81. The number of halogens is 1. The minimum absolute atomic E-state index is 0.0451. The van der Waals surface area contributed by atoms with Crippen LogP contribution < -0.4 is 0 Å². The summed E-state index contributed by atoms with van der Waals surface area (Å²) < 4.78 is 1.89. The molecule has 1 aromatic heterocycles. The molecular formula is C21H22ClN3O. The fourth-order valence-corrected chi connectivity index (χ4v) is 3.20. The molecule has 26 heavy (non-hydrogen) atoms. The van der Waals surface area contributed by atoms with Crippen LogP contribution in [0.4, 0.5) is 0 Å². The van der Waals surface area contributed by atoms with Gasteiger partial charge in [0.05, 0.1) is 17.8 Å². The number of aromatic nitrogens is 2. The van der Waals surface area contributed by atoms with Gasteiger partial charge >= 0.3 is 0 Å². The van der Waals surface area contributed by atoms with Crippen LogP contribution in [0.5, 0.6) is 0 Å². The maximum Gasteiger partial charge on any atom is 0.227 e. The van der Waals surface area contributed by atoms with E-state index < -0.39 is 0 Å². The number of rotatable bonds is 5. The zero-order valence-electron chi connectivity index (χ0n) is 15.2. The van der Waals surface area contributed by atoms with E-state index in [-0.39, 0.29) is 5.91 Å². The van der Waals surface area contributed by atoms with Crippen LogP contribution in [-0.4, -0.2) is 27.6 Å². The zero-order valence-corrected chi connectivity index (χ0v) is 16.0. The molecule has 1 amide bonds. The summed E-state index contributed by atoms with van der Waals surface area (Å²) in [5, 5.41) is 5.29. The highest BCUT2D eigenvalue weighted by Crippen LogP contribution is 2.20. The van der Waals surface area contributed by atoms with Gasteiger partial charge in [-0.25, -0.2) is 4.68 Å². The Morgan fingerprint density at radius 3 is 2.42 bits per heavy atom. The molecule has 5 heteroatoms. The van der Waals surface area contributed by atoms with Crippen molar-refractivity contribution in [3.8, 4) is 5.69 Å². The van der Waals surface area contributed by atoms with Crippen molar-refractivity contribution in [2.45, 2.75) is 26.8 Å². The number of para-hydroxylation sites is 1. The van der Waals surface area contributed by atoms with E-state index >= 15 is 0 Å². The summed E-state index contributed by atoms with van der Waals surface area (Å²) >= 11 is 6.20. The third-order valence-corrected chi connectivity index (χ3v) is 4.93. The Labute approximate surface area is 159 Å². The lowest BCUT2D eigenvalue weighted by Crippen LogP contribution is -2.28. The molecule has 2 aromatic carbocycles. The van der Waals surface area contributed by atoms with Crippen molar-refractivity contribution in [3.05, 3.63) is 82.1 Å². The number of carbonyl (C=O) groups is 1. The molecule has 0 saturated heterocycles. The van der Waals surface area contributed by atoms with Gasteiger partial charge in [0, 0.05) is 29.9 Å². The normalized spacial score (nSPS) is 10.8. The monoisotopic (exact) mass is 367 g/mol. The molecule has 0 atom stereocenters. The SMILES string of the molecule is Cc1nn(-c2ccccc2)c(C)c1CC(=O)N(C)Cc1ccccc1Cl. The molecule has 0 spiro atoms. The Kier molecular flexibility index (Phi) is 5.43. The molecule has 0 aliphatic heterocycles. The first-order chi connectivity index (χ1) is 12.5. The van der Waals surface area contributed by atoms with Gasteiger partial charge in [-0.3, -0.25) is 4.79 Å². The predicted molar refractivity (Wildman–Crippen MR) is 105 cm³/mol. The molecule has 0 radical (unpaired) electrons. The van der Waals surface area contributed by atoms with Crippen LogP contribution >= 0.6 is 11.6 Å². The number of likely N-dealkylation sites (N-methyl/N-ethyl adjacent to an activating group) is 1. The highest BCUT2D eigenvalue weighted by Gasteiger charge is 2.18. The van der Waals surface area contributed by atoms with E-state index in [1.54, 1.807) is 11.9 Å². The Hall–Kier alpha value is -2.59. The first-order valence-corrected chi connectivity index (χ1v) is 8.93. The second-order valence-electron chi connectivity index (χ2n) is 6.41. The van der Waals surface area contributed by atoms with Gasteiger partial charge < -0.3 is 4.90 Å². The second kappa shape index (κ2) is 7.75. The summed E-state index contributed by atoms with van der Waals surface area (Å²) in [4.78, 5) is 14.4. The molecule has 4 nitrogen and oxygen atoms in total. The highest BCUT2D eigenvalue weighted by molar-refractivity contribution is 6.31. The summed E-state index contributed by atoms with van der Waals surface area (Å²) in [7, 11) is 1.80. The maximum absolute atomic E-state index is 12.7. The summed E-state index contributed by atoms with van der Waals surface area (Å²) in [5.74, 6) is 0.0451. The van der Waals surface area contributed by atoms with Crippen LogP contribution in [0.25, 0.3) is 5.69 Å². The first-order valence-electron chi connectivity index (χ1n) is 8.55. The zero-order chi connectivity index (χ0) is 18.7. The quantitative estimate of drug-likeness (QED) is 0.672. The number of hydrogen-bond acceptors (Lipinski definition) is 2. The molecule has 1 heterocycles. The topological polar surface area (TPSA) is 38.1 Å². The van der Waals surface area contributed by atoms with E-state index in [4.69, 9.17) is 11.6 Å². The van der Waals surface area contributed by atoms with Gasteiger partial charge in [-0.15, -0.1) is 0 Å². The summed E-state index contributed by atoms with van der Waals surface area (Å²) in [6, 6.07) is 17.5. The van der Waals surface area contributed by atoms with Crippen molar-refractivity contribution in [1.29, 1.82) is 0 Å². The summed E-state index contributed by atoms with van der Waals surface area (Å²) in [6.45, 7) is 4.44. The van der Waals surface area contributed by atoms with Crippen molar-refractivity contribution in [3.63, 3.8) is 0 Å². The number of carbonyl (C=O) groups excluding carboxylic acids is 1. The molecule has 0 fully saturated rings. The van der Waals surface area contributed by atoms with Crippen LogP contribution in [-0.2, 0) is 17.8 Å². The third-order valence-electron chi connectivity index (χ3n) is 4.56. The minimum atomic E-state index is 0.0451. The predicted octanol–water partition coefficient (Wildman–Crippen LogP) is 4.34. The lowest BCUT2D eigenvalue weighted by Gasteiger charge is -2.18. The molecule has 0 aliphatic rings. The second-order valence-corrected chi connectivity index (χ2v) is 6.82. The highest BCUT2D eigenvalue weighted by atomic mass is 35.5. The van der Waals surface area contributed by atoms with Gasteiger partial charge in [0.1, 0.15) is 0 Å². The lowest BCUT2D eigenvalue weighted by atomic mass is 10.1. The molecule has 0 aliphatic carbocycles. The van der Waals surface area contributed by atoms with Crippen LogP contribution in [0.1, 0.15) is 22.5 Å². The lowest BCUT2D eigenvalue weighted by molar-refractivity contribution is -0.129. The van der Waals surface area contributed by atoms with Crippen LogP contribution in [0.3, 0.4) is 0 Å². The minimum Gasteiger partial charge on any atom is -0.341 e. The van der Waals surface area contributed by atoms with Crippen LogP contribution in [0.15, 0.2) is 54.6 Å². The maximum atomic E-state index is 12.7. The van der Waals surface area contributed by atoms with E-state index in [0.29, 0.717) is 18.0 Å². The first kappa shape index (κ1) is 18.2. The molecule has 134 valence electrons. The van der Waals surface area contributed by atoms with Gasteiger partial charge in [0.15, 0.2) is 0 Å². The van der Waals surface area contributed by atoms with Crippen LogP contribution in [0.2, 0.25) is 5.02 Å². The van der Waals surface area contributed by atoms with E-state index in [1.807, 2.05) is 73.1 Å². The van der Waals surface area contributed by atoms with Gasteiger partial charge in [0.25, 0.3) is 0 Å². The Morgan fingerprint density at radius 1 is 1.08 bits per heavy atom. The largest absolute Gasteiger partial charge is 0.341 e. The Balaban J connectivity index is 1.77. The van der Waals surface area contributed by atoms with Crippen molar-refractivity contribution in [1.82, 2.24) is 14.7 Å². The summed E-state index contributed by atoms with van der Waals surface area (Å²) in [6.07, 6.45) is 0.325. The van der Waals surface area contributed by atoms with E-state index in [2.05, 4.69) is 5.10 Å². The molecule has 0 unspecified atom stereocenters. The molecule has 0 bridgehead atoms. The average Bonchev–Trinajstić information content (AvgIpc) is 2.92. The van der Waals surface area contributed by atoms with E-state index in [9.17, 15) is 4.79 Å². The molecular weight excluding hydrogens is 346 g/mol.